The zero-order valence-corrected chi connectivity index (χ0v) is 14.0. The van der Waals surface area contributed by atoms with E-state index >= 15 is 0 Å². The number of ether oxygens (including phenoxy) is 1. The SMILES string of the molecule is C\C=C(C)/N=C(C)\C(C)=C\C=C(/C)OC1CCNCC1(F)F. The van der Waals surface area contributed by atoms with Crippen molar-refractivity contribution in [3.05, 3.63) is 35.3 Å². The summed E-state index contributed by atoms with van der Waals surface area (Å²) >= 11 is 0. The molecule has 1 aliphatic heterocycles. The van der Waals surface area contributed by atoms with Gasteiger partial charge in [0.05, 0.1) is 12.3 Å². The van der Waals surface area contributed by atoms with Crippen LogP contribution in [-0.2, 0) is 4.74 Å². The largest absolute Gasteiger partial charge is 0.489 e. The van der Waals surface area contributed by atoms with Gasteiger partial charge < -0.3 is 10.1 Å². The van der Waals surface area contributed by atoms with Gasteiger partial charge in [-0.25, -0.2) is 8.78 Å². The van der Waals surface area contributed by atoms with Crippen molar-refractivity contribution in [3.8, 4) is 0 Å². The van der Waals surface area contributed by atoms with Crippen molar-refractivity contribution in [1.82, 2.24) is 5.32 Å². The molecule has 1 rings (SSSR count). The van der Waals surface area contributed by atoms with Gasteiger partial charge in [-0.15, -0.1) is 0 Å². The molecule has 0 saturated carbocycles. The van der Waals surface area contributed by atoms with E-state index < -0.39 is 12.0 Å². The molecule has 1 aliphatic rings. The van der Waals surface area contributed by atoms with Crippen LogP contribution in [0.4, 0.5) is 8.78 Å². The highest BCUT2D eigenvalue weighted by Gasteiger charge is 2.43. The topological polar surface area (TPSA) is 33.6 Å². The lowest BCUT2D eigenvalue weighted by Crippen LogP contribution is -2.50. The minimum absolute atomic E-state index is 0.307. The molecule has 1 atom stereocenters. The lowest BCUT2D eigenvalue weighted by atomic mass is 10.1. The summed E-state index contributed by atoms with van der Waals surface area (Å²) in [6, 6.07) is 0. The average molecular weight is 312 g/mol. The Bertz CT molecular complexity index is 505. The van der Waals surface area contributed by atoms with Crippen LogP contribution in [0.25, 0.3) is 0 Å². The van der Waals surface area contributed by atoms with Gasteiger partial charge in [0.25, 0.3) is 5.92 Å². The molecule has 1 N–H and O–H groups in total. The summed E-state index contributed by atoms with van der Waals surface area (Å²) in [5.74, 6) is -2.34. The molecule has 0 radical (unpaired) electrons. The summed E-state index contributed by atoms with van der Waals surface area (Å²) in [4.78, 5) is 4.42. The molecule has 0 spiro atoms. The van der Waals surface area contributed by atoms with Crippen LogP contribution in [0.1, 0.15) is 41.0 Å². The lowest BCUT2D eigenvalue weighted by molar-refractivity contribution is -0.130. The van der Waals surface area contributed by atoms with Crippen molar-refractivity contribution in [2.24, 2.45) is 4.99 Å². The summed E-state index contributed by atoms with van der Waals surface area (Å²) in [5.41, 5.74) is 2.81. The van der Waals surface area contributed by atoms with Gasteiger partial charge >= 0.3 is 0 Å². The number of nitrogens with one attached hydrogen (secondary N) is 1. The van der Waals surface area contributed by atoms with Crippen LogP contribution < -0.4 is 5.32 Å². The zero-order valence-electron chi connectivity index (χ0n) is 14.0. The maximum atomic E-state index is 13.7. The molecule has 22 heavy (non-hydrogen) atoms. The number of hydrogen-bond acceptors (Lipinski definition) is 3. The molecule has 5 heteroatoms. The van der Waals surface area contributed by atoms with Crippen molar-refractivity contribution in [2.45, 2.75) is 53.1 Å². The van der Waals surface area contributed by atoms with Gasteiger partial charge in [0.1, 0.15) is 0 Å². The molecule has 0 aromatic carbocycles. The second kappa shape index (κ2) is 8.22. The first-order valence-corrected chi connectivity index (χ1v) is 7.55. The maximum absolute atomic E-state index is 13.7. The first-order chi connectivity index (χ1) is 10.3. The van der Waals surface area contributed by atoms with Crippen molar-refractivity contribution in [3.63, 3.8) is 0 Å². The Balaban J connectivity index is 2.72. The molecular weight excluding hydrogens is 286 g/mol. The number of piperidine rings is 1. The Hall–Kier alpha value is -1.49. The van der Waals surface area contributed by atoms with E-state index in [2.05, 4.69) is 10.3 Å². The Morgan fingerprint density at radius 3 is 2.50 bits per heavy atom. The molecular formula is C17H26F2N2O. The Morgan fingerprint density at radius 2 is 1.91 bits per heavy atom. The van der Waals surface area contributed by atoms with Crippen molar-refractivity contribution in [1.29, 1.82) is 0 Å². The highest BCUT2D eigenvalue weighted by atomic mass is 19.3. The third kappa shape index (κ3) is 5.72. The predicted octanol–water partition coefficient (Wildman–Crippen LogP) is 4.23. The van der Waals surface area contributed by atoms with E-state index in [1.54, 1.807) is 13.0 Å². The molecule has 0 bridgehead atoms. The zero-order chi connectivity index (χ0) is 16.8. The van der Waals surface area contributed by atoms with Crippen molar-refractivity contribution >= 4 is 5.71 Å². The van der Waals surface area contributed by atoms with E-state index in [1.807, 2.05) is 39.8 Å². The first-order valence-electron chi connectivity index (χ1n) is 7.55. The quantitative estimate of drug-likeness (QED) is 0.468. The third-order valence-electron chi connectivity index (χ3n) is 3.64. The molecule has 1 unspecified atom stereocenters. The molecule has 1 fully saturated rings. The summed E-state index contributed by atoms with van der Waals surface area (Å²) in [6.45, 7) is 9.65. The molecule has 0 aromatic rings. The first kappa shape index (κ1) is 18.6. The number of alkyl halides is 2. The minimum atomic E-state index is -2.83. The molecule has 1 heterocycles. The Kier molecular flexibility index (Phi) is 6.94. The van der Waals surface area contributed by atoms with E-state index in [-0.39, 0.29) is 6.54 Å². The molecule has 0 aliphatic carbocycles. The lowest BCUT2D eigenvalue weighted by Gasteiger charge is -2.32. The number of nitrogens with zero attached hydrogens (tertiary/aromatic N) is 1. The fourth-order valence-corrected chi connectivity index (χ4v) is 2.00. The summed E-state index contributed by atoms with van der Waals surface area (Å²) < 4.78 is 32.8. The fourth-order valence-electron chi connectivity index (χ4n) is 2.00. The maximum Gasteiger partial charge on any atom is 0.296 e. The Labute approximate surface area is 131 Å². The number of halogens is 2. The fraction of sp³-hybridized carbons (Fsp3) is 0.588. The van der Waals surface area contributed by atoms with Gasteiger partial charge in [-0.2, -0.15) is 0 Å². The molecule has 0 aromatic heterocycles. The summed E-state index contributed by atoms with van der Waals surface area (Å²) in [6.07, 6.45) is 4.74. The number of hydrogen-bond donors (Lipinski definition) is 1. The highest BCUT2D eigenvalue weighted by molar-refractivity contribution is 5.98. The Morgan fingerprint density at radius 1 is 1.23 bits per heavy atom. The standard InChI is InChI=1S/C17H26F2N2O/c1-6-13(3)21-15(5)12(2)7-8-14(4)22-16-9-10-20-11-17(16,18)19/h6-8,16,20H,9-11H2,1-5H3/b12-7+,13-6-,14-8+,21-15-. The molecule has 124 valence electrons. The average Bonchev–Trinajstić information content (AvgIpc) is 2.46. The normalized spacial score (nSPS) is 24.4. The van der Waals surface area contributed by atoms with E-state index in [4.69, 9.17) is 4.74 Å². The van der Waals surface area contributed by atoms with Crippen molar-refractivity contribution < 1.29 is 13.5 Å². The van der Waals surface area contributed by atoms with Crippen LogP contribution in [0, 0.1) is 0 Å². The third-order valence-corrected chi connectivity index (χ3v) is 3.64. The second-order valence-electron chi connectivity index (χ2n) is 5.59. The molecule has 1 saturated heterocycles. The van der Waals surface area contributed by atoms with Gasteiger partial charge in [0, 0.05) is 17.8 Å². The predicted molar refractivity (Wildman–Crippen MR) is 87.4 cm³/mol. The van der Waals surface area contributed by atoms with E-state index in [1.165, 1.54) is 0 Å². The molecule has 0 amide bonds. The van der Waals surface area contributed by atoms with Crippen LogP contribution in [0.15, 0.2) is 40.2 Å². The van der Waals surface area contributed by atoms with E-state index in [0.717, 1.165) is 17.0 Å². The minimum Gasteiger partial charge on any atom is -0.489 e. The van der Waals surface area contributed by atoms with Gasteiger partial charge in [0.15, 0.2) is 6.10 Å². The summed E-state index contributed by atoms with van der Waals surface area (Å²) in [5, 5.41) is 2.68. The van der Waals surface area contributed by atoms with Gasteiger partial charge in [-0.1, -0.05) is 12.2 Å². The smallest absolute Gasteiger partial charge is 0.296 e. The van der Waals surface area contributed by atoms with Crippen molar-refractivity contribution in [2.75, 3.05) is 13.1 Å². The second-order valence-corrected chi connectivity index (χ2v) is 5.59. The highest BCUT2D eigenvalue weighted by Crippen LogP contribution is 2.27. The number of rotatable bonds is 5. The number of allylic oxidation sites excluding steroid dienone is 6. The monoisotopic (exact) mass is 312 g/mol. The van der Waals surface area contributed by atoms with Crippen LogP contribution in [0.5, 0.6) is 0 Å². The molecule has 3 nitrogen and oxygen atoms in total. The number of aliphatic imine (C=N–C) groups is 1. The summed E-state index contributed by atoms with van der Waals surface area (Å²) in [7, 11) is 0. The van der Waals surface area contributed by atoms with Gasteiger partial charge in [-0.05, 0) is 52.8 Å². The van der Waals surface area contributed by atoms with Crippen LogP contribution in [0.3, 0.4) is 0 Å². The van der Waals surface area contributed by atoms with Crippen LogP contribution >= 0.6 is 0 Å². The van der Waals surface area contributed by atoms with Gasteiger partial charge in [-0.3, -0.25) is 4.99 Å². The van der Waals surface area contributed by atoms with Gasteiger partial charge in [0.2, 0.25) is 0 Å². The van der Waals surface area contributed by atoms with E-state index in [9.17, 15) is 8.78 Å². The van der Waals surface area contributed by atoms with Crippen LogP contribution in [0.2, 0.25) is 0 Å². The van der Waals surface area contributed by atoms with E-state index in [0.29, 0.717) is 18.7 Å². The van der Waals surface area contributed by atoms with Crippen LogP contribution in [-0.4, -0.2) is 30.8 Å².